The van der Waals surface area contributed by atoms with Crippen molar-refractivity contribution in [2.24, 2.45) is 0 Å². The molecular weight excluding hydrogens is 430 g/mol. The van der Waals surface area contributed by atoms with E-state index in [1.165, 1.54) is 27.7 Å². The van der Waals surface area contributed by atoms with Gasteiger partial charge in [0.1, 0.15) is 0 Å². The number of rotatable bonds is 8. The van der Waals surface area contributed by atoms with Crippen LogP contribution in [0, 0.1) is 0 Å². The zero-order valence-corrected chi connectivity index (χ0v) is 18.7. The maximum absolute atomic E-state index is 12.5. The minimum atomic E-state index is -0.716. The third-order valence-corrected chi connectivity index (χ3v) is 6.63. The number of aromatic nitrogens is 2. The molecule has 0 aliphatic rings. The molecule has 8 heteroatoms. The topological polar surface area (TPSA) is 73.3 Å². The lowest BCUT2D eigenvalue weighted by atomic mass is 10.1. The fraction of sp³-hybridized carbons (Fsp3) is 0.174. The number of para-hydroxylation sites is 2. The number of carbonyl (C=O) groups is 1. The van der Waals surface area contributed by atoms with Crippen LogP contribution in [0.4, 0.5) is 5.13 Å². The van der Waals surface area contributed by atoms with Crippen molar-refractivity contribution in [2.75, 3.05) is 12.4 Å². The Balaban J connectivity index is 1.35. The number of hydrogen-bond donors (Lipinski definition) is 1. The van der Waals surface area contributed by atoms with Gasteiger partial charge in [0.15, 0.2) is 21.9 Å². The van der Waals surface area contributed by atoms with Crippen LogP contribution in [0.3, 0.4) is 0 Å². The van der Waals surface area contributed by atoms with Gasteiger partial charge in [-0.15, -0.1) is 10.2 Å². The lowest BCUT2D eigenvalue weighted by Crippen LogP contribution is -2.30. The second-order valence-corrected chi connectivity index (χ2v) is 8.90. The first-order valence-electron chi connectivity index (χ1n) is 9.67. The number of methoxy groups -OCH3 is 1. The lowest BCUT2D eigenvalue weighted by molar-refractivity contribution is -0.122. The SMILES string of the molecule is COc1ccccc1OC(C)C(=O)Nc1nnc(SCc2cccc3ccccc23)s1. The van der Waals surface area contributed by atoms with E-state index in [2.05, 4.69) is 45.8 Å². The van der Waals surface area contributed by atoms with E-state index in [4.69, 9.17) is 9.47 Å². The minimum absolute atomic E-state index is 0.298. The van der Waals surface area contributed by atoms with Crippen molar-refractivity contribution in [3.63, 3.8) is 0 Å². The molecule has 6 nitrogen and oxygen atoms in total. The van der Waals surface area contributed by atoms with Gasteiger partial charge in [0.05, 0.1) is 7.11 Å². The summed E-state index contributed by atoms with van der Waals surface area (Å²) in [5, 5.41) is 14.0. The van der Waals surface area contributed by atoms with Gasteiger partial charge < -0.3 is 9.47 Å². The van der Waals surface area contributed by atoms with Crippen LogP contribution in [-0.2, 0) is 10.5 Å². The highest BCUT2D eigenvalue weighted by Gasteiger charge is 2.18. The van der Waals surface area contributed by atoms with E-state index >= 15 is 0 Å². The number of fused-ring (bicyclic) bond motifs is 1. The standard InChI is InChI=1S/C23H21N3O3S2/c1-15(29-20-13-6-5-12-19(20)28-2)21(27)24-22-25-26-23(31-22)30-14-17-10-7-9-16-8-3-4-11-18(16)17/h3-13,15H,14H2,1-2H3,(H,24,25,27). The Morgan fingerprint density at radius 1 is 1.03 bits per heavy atom. The van der Waals surface area contributed by atoms with Crippen LogP contribution in [0.15, 0.2) is 71.1 Å². The second-order valence-electron chi connectivity index (χ2n) is 6.70. The van der Waals surface area contributed by atoms with E-state index in [1.807, 2.05) is 24.3 Å². The number of nitrogens with zero attached hydrogens (tertiary/aromatic N) is 2. The van der Waals surface area contributed by atoms with Crippen molar-refractivity contribution in [1.82, 2.24) is 10.2 Å². The van der Waals surface area contributed by atoms with E-state index < -0.39 is 6.10 Å². The molecule has 0 bridgehead atoms. The van der Waals surface area contributed by atoms with Crippen molar-refractivity contribution in [2.45, 2.75) is 23.1 Å². The Bertz CT molecular complexity index is 1190. The van der Waals surface area contributed by atoms with Crippen molar-refractivity contribution in [3.05, 3.63) is 72.3 Å². The highest BCUT2D eigenvalue weighted by atomic mass is 32.2. The van der Waals surface area contributed by atoms with E-state index in [9.17, 15) is 4.79 Å². The average molecular weight is 452 g/mol. The van der Waals surface area contributed by atoms with Gasteiger partial charge in [0, 0.05) is 5.75 Å². The Labute approximate surface area is 188 Å². The minimum Gasteiger partial charge on any atom is -0.493 e. The molecule has 1 amide bonds. The molecule has 0 saturated carbocycles. The highest BCUT2D eigenvalue weighted by Crippen LogP contribution is 2.31. The van der Waals surface area contributed by atoms with Gasteiger partial charge in [-0.2, -0.15) is 0 Å². The summed E-state index contributed by atoms with van der Waals surface area (Å²) in [7, 11) is 1.56. The monoisotopic (exact) mass is 451 g/mol. The van der Waals surface area contributed by atoms with Crippen molar-refractivity contribution in [1.29, 1.82) is 0 Å². The van der Waals surface area contributed by atoms with E-state index in [0.717, 1.165) is 10.1 Å². The Kier molecular flexibility index (Phi) is 6.69. The summed E-state index contributed by atoms with van der Waals surface area (Å²) in [6.45, 7) is 1.68. The first-order chi connectivity index (χ1) is 15.1. The summed E-state index contributed by atoms with van der Waals surface area (Å²) in [5.74, 6) is 1.56. The third kappa shape index (κ3) is 5.15. The van der Waals surface area contributed by atoms with Gasteiger partial charge in [-0.1, -0.05) is 77.7 Å². The zero-order valence-electron chi connectivity index (χ0n) is 17.1. The second kappa shape index (κ2) is 9.80. The predicted octanol–water partition coefficient (Wildman–Crippen LogP) is 5.40. The molecule has 1 N–H and O–H groups in total. The summed E-state index contributed by atoms with van der Waals surface area (Å²) in [6.07, 6.45) is -0.716. The fourth-order valence-electron chi connectivity index (χ4n) is 3.04. The van der Waals surface area contributed by atoms with Crippen LogP contribution in [0.2, 0.25) is 0 Å². The molecule has 158 valence electrons. The summed E-state index contributed by atoms with van der Waals surface area (Å²) in [6, 6.07) is 21.8. The normalized spacial score (nSPS) is 11.8. The number of carbonyl (C=O) groups excluding carboxylic acids is 1. The Morgan fingerprint density at radius 3 is 2.61 bits per heavy atom. The van der Waals surface area contributed by atoms with Gasteiger partial charge in [-0.05, 0) is 35.4 Å². The molecule has 4 rings (SSSR count). The summed E-state index contributed by atoms with van der Waals surface area (Å²) < 4.78 is 11.8. The van der Waals surface area contributed by atoms with E-state index in [0.29, 0.717) is 16.6 Å². The number of benzene rings is 3. The predicted molar refractivity (Wildman–Crippen MR) is 125 cm³/mol. The zero-order chi connectivity index (χ0) is 21.6. The molecule has 0 spiro atoms. The molecule has 1 unspecified atom stereocenters. The molecule has 31 heavy (non-hydrogen) atoms. The maximum atomic E-state index is 12.5. The van der Waals surface area contributed by atoms with Gasteiger partial charge in [0.25, 0.3) is 5.91 Å². The number of nitrogens with one attached hydrogen (secondary N) is 1. The molecule has 0 saturated heterocycles. The van der Waals surface area contributed by atoms with E-state index in [1.54, 1.807) is 37.9 Å². The number of hydrogen-bond acceptors (Lipinski definition) is 7. The van der Waals surface area contributed by atoms with Crippen LogP contribution in [-0.4, -0.2) is 29.3 Å². The van der Waals surface area contributed by atoms with Crippen molar-refractivity contribution in [3.8, 4) is 11.5 Å². The maximum Gasteiger partial charge on any atom is 0.266 e. The third-order valence-electron chi connectivity index (χ3n) is 4.61. The summed E-state index contributed by atoms with van der Waals surface area (Å²) in [5.41, 5.74) is 1.24. The molecule has 3 aromatic carbocycles. The Hall–Kier alpha value is -3.10. The smallest absolute Gasteiger partial charge is 0.266 e. The van der Waals surface area contributed by atoms with E-state index in [-0.39, 0.29) is 5.91 Å². The van der Waals surface area contributed by atoms with Gasteiger partial charge >= 0.3 is 0 Å². The van der Waals surface area contributed by atoms with Crippen molar-refractivity contribution >= 4 is 44.9 Å². The van der Waals surface area contributed by atoms with Crippen LogP contribution in [0.5, 0.6) is 11.5 Å². The number of thioether (sulfide) groups is 1. The molecular formula is C23H21N3O3S2. The van der Waals surface area contributed by atoms with Gasteiger partial charge in [0.2, 0.25) is 5.13 Å². The highest BCUT2D eigenvalue weighted by molar-refractivity contribution is 8.00. The molecule has 0 radical (unpaired) electrons. The van der Waals surface area contributed by atoms with Crippen LogP contribution < -0.4 is 14.8 Å². The first kappa shape index (κ1) is 21.1. The van der Waals surface area contributed by atoms with Crippen LogP contribution in [0.25, 0.3) is 10.8 Å². The lowest BCUT2D eigenvalue weighted by Gasteiger charge is -2.15. The molecule has 1 heterocycles. The average Bonchev–Trinajstić information content (AvgIpc) is 3.25. The summed E-state index contributed by atoms with van der Waals surface area (Å²) in [4.78, 5) is 12.5. The van der Waals surface area contributed by atoms with Gasteiger partial charge in [-0.25, -0.2) is 0 Å². The quantitative estimate of drug-likeness (QED) is 0.286. The first-order valence-corrected chi connectivity index (χ1v) is 11.5. The molecule has 0 fully saturated rings. The molecule has 4 aromatic rings. The number of ether oxygens (including phenoxy) is 2. The number of amides is 1. The van der Waals surface area contributed by atoms with Crippen molar-refractivity contribution < 1.29 is 14.3 Å². The molecule has 1 aromatic heterocycles. The molecule has 1 atom stereocenters. The number of anilines is 1. The fourth-order valence-corrected chi connectivity index (χ4v) is 4.80. The molecule has 0 aliphatic carbocycles. The largest absolute Gasteiger partial charge is 0.493 e. The van der Waals surface area contributed by atoms with Crippen LogP contribution >= 0.6 is 23.1 Å². The molecule has 0 aliphatic heterocycles. The van der Waals surface area contributed by atoms with Crippen LogP contribution in [0.1, 0.15) is 12.5 Å². The summed E-state index contributed by atoms with van der Waals surface area (Å²) >= 11 is 2.94. The Morgan fingerprint density at radius 2 is 1.77 bits per heavy atom. The van der Waals surface area contributed by atoms with Gasteiger partial charge in [-0.3, -0.25) is 10.1 Å².